The summed E-state index contributed by atoms with van der Waals surface area (Å²) in [6.45, 7) is 0. The molecule has 0 saturated heterocycles. The highest BCUT2D eigenvalue weighted by Crippen LogP contribution is 2.23. The number of carbonyl (C=O) groups excluding carboxylic acids is 2. The van der Waals surface area contributed by atoms with E-state index in [4.69, 9.17) is 4.74 Å². The van der Waals surface area contributed by atoms with Gasteiger partial charge in [-0.05, 0) is 19.3 Å². The lowest BCUT2D eigenvalue weighted by atomic mass is 10.2. The summed E-state index contributed by atoms with van der Waals surface area (Å²) in [7, 11) is 0. The number of ether oxygens (including phenoxy) is 1. The Morgan fingerprint density at radius 1 is 1.55 bits per heavy atom. The minimum absolute atomic E-state index is 0.158. The van der Waals surface area contributed by atoms with Crippen LogP contribution < -0.4 is 0 Å². The third-order valence-corrected chi connectivity index (χ3v) is 1.53. The lowest BCUT2D eigenvalue weighted by Gasteiger charge is -1.99. The molecule has 62 valence electrons. The van der Waals surface area contributed by atoms with Crippen molar-refractivity contribution in [3.05, 3.63) is 0 Å². The van der Waals surface area contributed by atoms with Gasteiger partial charge in [0.25, 0.3) is 0 Å². The SMILES string of the molecule is O=CCCCC(=O)OC1CC1. The second-order valence-corrected chi connectivity index (χ2v) is 2.75. The molecule has 0 atom stereocenters. The predicted octanol–water partition coefficient (Wildman–Crippen LogP) is 1.06. The van der Waals surface area contributed by atoms with E-state index >= 15 is 0 Å². The van der Waals surface area contributed by atoms with Crippen LogP contribution in [0.1, 0.15) is 32.1 Å². The zero-order valence-electron chi connectivity index (χ0n) is 6.41. The summed E-state index contributed by atoms with van der Waals surface area (Å²) in [6, 6.07) is 0. The third kappa shape index (κ3) is 3.75. The average molecular weight is 156 g/mol. The molecule has 3 heteroatoms. The van der Waals surface area contributed by atoms with Crippen molar-refractivity contribution in [3.8, 4) is 0 Å². The van der Waals surface area contributed by atoms with Crippen LogP contribution in [-0.2, 0) is 14.3 Å². The van der Waals surface area contributed by atoms with E-state index in [2.05, 4.69) is 0 Å². The molecule has 0 amide bonds. The Morgan fingerprint density at radius 2 is 2.27 bits per heavy atom. The van der Waals surface area contributed by atoms with Gasteiger partial charge >= 0.3 is 5.97 Å². The maximum Gasteiger partial charge on any atom is 0.306 e. The van der Waals surface area contributed by atoms with Gasteiger partial charge in [-0.15, -0.1) is 0 Å². The minimum Gasteiger partial charge on any atom is -0.462 e. The molecule has 0 N–H and O–H groups in total. The largest absolute Gasteiger partial charge is 0.462 e. The summed E-state index contributed by atoms with van der Waals surface area (Å²) in [6.07, 6.45) is 4.51. The predicted molar refractivity (Wildman–Crippen MR) is 39.0 cm³/mol. The Morgan fingerprint density at radius 3 is 2.82 bits per heavy atom. The standard InChI is InChI=1S/C8H12O3/c9-6-2-1-3-8(10)11-7-4-5-7/h6-7H,1-5H2. The number of hydrogen-bond acceptors (Lipinski definition) is 3. The summed E-state index contributed by atoms with van der Waals surface area (Å²) in [4.78, 5) is 20.7. The van der Waals surface area contributed by atoms with E-state index in [0.29, 0.717) is 19.3 Å². The molecular weight excluding hydrogens is 144 g/mol. The van der Waals surface area contributed by atoms with Crippen molar-refractivity contribution in [2.75, 3.05) is 0 Å². The molecule has 1 saturated carbocycles. The van der Waals surface area contributed by atoms with Crippen molar-refractivity contribution >= 4 is 12.3 Å². The van der Waals surface area contributed by atoms with Crippen LogP contribution in [0.5, 0.6) is 0 Å². The first kappa shape index (κ1) is 8.24. The molecule has 1 aliphatic carbocycles. The van der Waals surface area contributed by atoms with Crippen molar-refractivity contribution in [1.82, 2.24) is 0 Å². The van der Waals surface area contributed by atoms with Crippen LogP contribution in [0.4, 0.5) is 0 Å². The maximum atomic E-state index is 10.8. The van der Waals surface area contributed by atoms with Gasteiger partial charge in [0.05, 0.1) is 0 Å². The van der Waals surface area contributed by atoms with Crippen LogP contribution in [0.2, 0.25) is 0 Å². The highest BCUT2D eigenvalue weighted by molar-refractivity contribution is 5.70. The Balaban J connectivity index is 1.95. The number of aldehydes is 1. The smallest absolute Gasteiger partial charge is 0.306 e. The van der Waals surface area contributed by atoms with Crippen molar-refractivity contribution in [3.63, 3.8) is 0 Å². The van der Waals surface area contributed by atoms with E-state index in [1.807, 2.05) is 0 Å². The van der Waals surface area contributed by atoms with E-state index in [-0.39, 0.29) is 12.1 Å². The van der Waals surface area contributed by atoms with Crippen LogP contribution in [-0.4, -0.2) is 18.4 Å². The highest BCUT2D eigenvalue weighted by Gasteiger charge is 2.25. The first-order valence-electron chi connectivity index (χ1n) is 3.96. The monoisotopic (exact) mass is 156 g/mol. The molecule has 0 aromatic rings. The molecule has 0 bridgehead atoms. The molecule has 0 aromatic carbocycles. The van der Waals surface area contributed by atoms with Crippen molar-refractivity contribution in [1.29, 1.82) is 0 Å². The summed E-state index contributed by atoms with van der Waals surface area (Å²) >= 11 is 0. The van der Waals surface area contributed by atoms with Gasteiger partial charge in [-0.1, -0.05) is 0 Å². The molecule has 1 aliphatic rings. The van der Waals surface area contributed by atoms with E-state index in [1.165, 1.54) is 0 Å². The molecule has 0 aliphatic heterocycles. The number of hydrogen-bond donors (Lipinski definition) is 0. The van der Waals surface area contributed by atoms with Gasteiger partial charge < -0.3 is 9.53 Å². The van der Waals surface area contributed by atoms with Crippen molar-refractivity contribution in [2.24, 2.45) is 0 Å². The Labute approximate surface area is 65.7 Å². The quantitative estimate of drug-likeness (QED) is 0.339. The number of unbranched alkanes of at least 4 members (excludes halogenated alkanes) is 1. The van der Waals surface area contributed by atoms with E-state index in [9.17, 15) is 9.59 Å². The van der Waals surface area contributed by atoms with Gasteiger partial charge in [-0.3, -0.25) is 4.79 Å². The third-order valence-electron chi connectivity index (χ3n) is 1.53. The maximum absolute atomic E-state index is 10.8. The van der Waals surface area contributed by atoms with Crippen LogP contribution in [0.25, 0.3) is 0 Å². The lowest BCUT2D eigenvalue weighted by Crippen LogP contribution is -2.05. The first-order valence-corrected chi connectivity index (χ1v) is 3.96. The average Bonchev–Trinajstić information content (AvgIpc) is 2.72. The van der Waals surface area contributed by atoms with E-state index < -0.39 is 0 Å². The molecule has 0 aromatic heterocycles. The van der Waals surface area contributed by atoms with Crippen LogP contribution in [0, 0.1) is 0 Å². The topological polar surface area (TPSA) is 43.4 Å². The van der Waals surface area contributed by atoms with Crippen molar-refractivity contribution in [2.45, 2.75) is 38.2 Å². The highest BCUT2D eigenvalue weighted by atomic mass is 16.5. The van der Waals surface area contributed by atoms with Gasteiger partial charge in [0.15, 0.2) is 0 Å². The van der Waals surface area contributed by atoms with Crippen molar-refractivity contribution < 1.29 is 14.3 Å². The van der Waals surface area contributed by atoms with Crippen LogP contribution in [0.15, 0.2) is 0 Å². The van der Waals surface area contributed by atoms with Gasteiger partial charge in [0.2, 0.25) is 0 Å². The van der Waals surface area contributed by atoms with Gasteiger partial charge in [0.1, 0.15) is 12.4 Å². The molecule has 0 heterocycles. The normalized spacial score (nSPS) is 16.0. The molecule has 11 heavy (non-hydrogen) atoms. The summed E-state index contributed by atoms with van der Waals surface area (Å²) in [5.41, 5.74) is 0. The summed E-state index contributed by atoms with van der Waals surface area (Å²) in [5, 5.41) is 0. The number of carbonyl (C=O) groups is 2. The van der Waals surface area contributed by atoms with E-state index in [0.717, 1.165) is 19.1 Å². The van der Waals surface area contributed by atoms with E-state index in [1.54, 1.807) is 0 Å². The van der Waals surface area contributed by atoms with Gasteiger partial charge in [-0.2, -0.15) is 0 Å². The molecule has 0 radical (unpaired) electrons. The second-order valence-electron chi connectivity index (χ2n) is 2.75. The Hall–Kier alpha value is -0.860. The minimum atomic E-state index is -0.158. The van der Waals surface area contributed by atoms with Gasteiger partial charge in [-0.25, -0.2) is 0 Å². The van der Waals surface area contributed by atoms with Crippen LogP contribution >= 0.6 is 0 Å². The lowest BCUT2D eigenvalue weighted by molar-refractivity contribution is -0.144. The molecule has 0 spiro atoms. The van der Waals surface area contributed by atoms with Gasteiger partial charge in [0, 0.05) is 12.8 Å². The number of rotatable bonds is 5. The molecular formula is C8H12O3. The first-order chi connectivity index (χ1) is 5.33. The fraction of sp³-hybridized carbons (Fsp3) is 0.750. The zero-order chi connectivity index (χ0) is 8.10. The molecule has 1 rings (SSSR count). The Bertz CT molecular complexity index is 149. The molecule has 3 nitrogen and oxygen atoms in total. The fourth-order valence-electron chi connectivity index (χ4n) is 0.760. The Kier molecular flexibility index (Phi) is 3.08. The fourth-order valence-corrected chi connectivity index (χ4v) is 0.760. The molecule has 0 unspecified atom stereocenters. The number of esters is 1. The second kappa shape index (κ2) is 4.11. The summed E-state index contributed by atoms with van der Waals surface area (Å²) in [5.74, 6) is -0.158. The summed E-state index contributed by atoms with van der Waals surface area (Å²) < 4.78 is 4.95. The molecule has 1 fully saturated rings. The van der Waals surface area contributed by atoms with Crippen LogP contribution in [0.3, 0.4) is 0 Å². The zero-order valence-corrected chi connectivity index (χ0v) is 6.41.